The molecule has 0 bridgehead atoms. The smallest absolute Gasteiger partial charge is 0.241 e. The molecule has 25 heavy (non-hydrogen) atoms. The van der Waals surface area contributed by atoms with Gasteiger partial charge in [0.2, 0.25) is 17.6 Å². The Bertz CT molecular complexity index is 753. The van der Waals surface area contributed by atoms with Crippen molar-refractivity contribution in [2.75, 3.05) is 13.1 Å². The number of nitrogens with one attached hydrogen (secondary N) is 1. The van der Waals surface area contributed by atoms with Gasteiger partial charge in [-0.15, -0.1) is 0 Å². The van der Waals surface area contributed by atoms with E-state index in [0.29, 0.717) is 24.3 Å². The van der Waals surface area contributed by atoms with Gasteiger partial charge in [-0.3, -0.25) is 9.69 Å². The third-order valence-corrected chi connectivity index (χ3v) is 4.90. The zero-order chi connectivity index (χ0) is 17.2. The summed E-state index contributed by atoms with van der Waals surface area (Å²) in [5, 5.41) is 7.22. The van der Waals surface area contributed by atoms with Gasteiger partial charge < -0.3 is 9.84 Å². The Labute approximate surface area is 147 Å². The van der Waals surface area contributed by atoms with Gasteiger partial charge in [-0.25, -0.2) is 0 Å². The summed E-state index contributed by atoms with van der Waals surface area (Å²) in [5.41, 5.74) is 2.14. The lowest BCUT2D eigenvalue weighted by Crippen LogP contribution is -2.43. The Balaban J connectivity index is 1.37. The molecule has 1 aromatic heterocycles. The highest BCUT2D eigenvalue weighted by atomic mass is 16.5. The average Bonchev–Trinajstić information content (AvgIpc) is 3.30. The standard InChI is InChI=1S/C19H24N4O2/c1-13-4-2-5-14(10-13)18-21-17(25-22-18)12-23-9-3-6-15(11-23)19(24)20-16-7-8-16/h2,4-5,10,15-16H,3,6-9,11-12H2,1H3,(H,20,24). The minimum Gasteiger partial charge on any atom is -0.353 e. The maximum Gasteiger partial charge on any atom is 0.241 e. The molecule has 4 rings (SSSR count). The highest BCUT2D eigenvalue weighted by Crippen LogP contribution is 2.23. The monoisotopic (exact) mass is 340 g/mol. The number of carbonyl (C=O) groups is 1. The van der Waals surface area contributed by atoms with Gasteiger partial charge in [0.25, 0.3) is 0 Å². The summed E-state index contributed by atoms with van der Waals surface area (Å²) in [4.78, 5) is 19.0. The summed E-state index contributed by atoms with van der Waals surface area (Å²) in [5.74, 6) is 1.52. The molecular formula is C19H24N4O2. The van der Waals surface area contributed by atoms with Crippen LogP contribution in [0.5, 0.6) is 0 Å². The van der Waals surface area contributed by atoms with E-state index in [4.69, 9.17) is 4.52 Å². The van der Waals surface area contributed by atoms with Crippen LogP contribution in [-0.4, -0.2) is 40.1 Å². The molecule has 6 nitrogen and oxygen atoms in total. The number of aromatic nitrogens is 2. The van der Waals surface area contributed by atoms with Crippen LogP contribution in [0.2, 0.25) is 0 Å². The van der Waals surface area contributed by atoms with Crippen molar-refractivity contribution in [3.05, 3.63) is 35.7 Å². The van der Waals surface area contributed by atoms with Crippen molar-refractivity contribution in [3.63, 3.8) is 0 Å². The summed E-state index contributed by atoms with van der Waals surface area (Å²) in [6, 6.07) is 8.50. The molecule has 2 heterocycles. The summed E-state index contributed by atoms with van der Waals surface area (Å²) < 4.78 is 5.43. The van der Waals surface area contributed by atoms with Crippen molar-refractivity contribution in [3.8, 4) is 11.4 Å². The predicted molar refractivity (Wildman–Crippen MR) is 93.6 cm³/mol. The first-order chi connectivity index (χ1) is 12.2. The van der Waals surface area contributed by atoms with Gasteiger partial charge in [-0.05, 0) is 45.2 Å². The second kappa shape index (κ2) is 6.96. The van der Waals surface area contributed by atoms with E-state index >= 15 is 0 Å². The first-order valence-electron chi connectivity index (χ1n) is 9.10. The fourth-order valence-electron chi connectivity index (χ4n) is 3.37. The van der Waals surface area contributed by atoms with Crippen molar-refractivity contribution >= 4 is 5.91 Å². The van der Waals surface area contributed by atoms with Crippen LogP contribution >= 0.6 is 0 Å². The molecule has 1 saturated carbocycles. The second-order valence-electron chi connectivity index (χ2n) is 7.24. The lowest BCUT2D eigenvalue weighted by atomic mass is 9.97. The van der Waals surface area contributed by atoms with Crippen LogP contribution in [0.25, 0.3) is 11.4 Å². The summed E-state index contributed by atoms with van der Waals surface area (Å²) >= 11 is 0. The molecule has 6 heteroatoms. The Morgan fingerprint density at radius 2 is 2.24 bits per heavy atom. The lowest BCUT2D eigenvalue weighted by Gasteiger charge is -2.30. The topological polar surface area (TPSA) is 71.3 Å². The molecule has 1 aromatic carbocycles. The normalized spacial score (nSPS) is 21.2. The molecule has 1 unspecified atom stereocenters. The Hall–Kier alpha value is -2.21. The lowest BCUT2D eigenvalue weighted by molar-refractivity contribution is -0.127. The van der Waals surface area contributed by atoms with E-state index in [0.717, 1.165) is 44.3 Å². The summed E-state index contributed by atoms with van der Waals surface area (Å²) in [6.45, 7) is 4.38. The second-order valence-corrected chi connectivity index (χ2v) is 7.24. The number of carbonyl (C=O) groups excluding carboxylic acids is 1. The van der Waals surface area contributed by atoms with Gasteiger partial charge in [-0.1, -0.05) is 28.9 Å². The van der Waals surface area contributed by atoms with Gasteiger partial charge in [0, 0.05) is 18.2 Å². The number of rotatable bonds is 5. The molecule has 1 atom stereocenters. The number of hydrogen-bond acceptors (Lipinski definition) is 5. The predicted octanol–water partition coefficient (Wildman–Crippen LogP) is 2.54. The number of likely N-dealkylation sites (tertiary alicyclic amines) is 1. The number of hydrogen-bond donors (Lipinski definition) is 1. The maximum atomic E-state index is 12.3. The van der Waals surface area contributed by atoms with Crippen LogP contribution in [0.15, 0.2) is 28.8 Å². The van der Waals surface area contributed by atoms with Crippen LogP contribution in [0.4, 0.5) is 0 Å². The van der Waals surface area contributed by atoms with Crippen LogP contribution < -0.4 is 5.32 Å². The fraction of sp³-hybridized carbons (Fsp3) is 0.526. The Morgan fingerprint density at radius 1 is 1.36 bits per heavy atom. The first kappa shape index (κ1) is 16.3. The van der Waals surface area contributed by atoms with Crippen molar-refractivity contribution < 1.29 is 9.32 Å². The molecule has 1 saturated heterocycles. The molecule has 0 spiro atoms. The van der Waals surface area contributed by atoms with E-state index in [1.165, 1.54) is 5.56 Å². The molecule has 1 N–H and O–H groups in total. The van der Waals surface area contributed by atoms with Crippen molar-refractivity contribution in [2.45, 2.75) is 45.2 Å². The van der Waals surface area contributed by atoms with Gasteiger partial charge >= 0.3 is 0 Å². The van der Waals surface area contributed by atoms with Gasteiger partial charge in [0.1, 0.15) is 0 Å². The third kappa shape index (κ3) is 4.07. The third-order valence-electron chi connectivity index (χ3n) is 4.90. The maximum absolute atomic E-state index is 12.3. The molecule has 0 radical (unpaired) electrons. The van der Waals surface area contributed by atoms with Crippen LogP contribution in [0.3, 0.4) is 0 Å². The molecule has 2 aromatic rings. The minimum atomic E-state index is 0.0773. The Kier molecular flexibility index (Phi) is 4.53. The average molecular weight is 340 g/mol. The number of amides is 1. The largest absolute Gasteiger partial charge is 0.353 e. The van der Waals surface area contributed by atoms with E-state index in [-0.39, 0.29) is 11.8 Å². The van der Waals surface area contributed by atoms with E-state index in [1.54, 1.807) is 0 Å². The fourth-order valence-corrected chi connectivity index (χ4v) is 3.37. The van der Waals surface area contributed by atoms with Gasteiger partial charge in [-0.2, -0.15) is 4.98 Å². The van der Waals surface area contributed by atoms with Crippen LogP contribution in [0, 0.1) is 12.8 Å². The van der Waals surface area contributed by atoms with E-state index in [1.807, 2.05) is 31.2 Å². The number of piperidine rings is 1. The van der Waals surface area contributed by atoms with Gasteiger partial charge in [0.05, 0.1) is 12.5 Å². The van der Waals surface area contributed by atoms with E-state index in [2.05, 4.69) is 20.4 Å². The van der Waals surface area contributed by atoms with Crippen molar-refractivity contribution in [2.24, 2.45) is 5.92 Å². The molecule has 132 valence electrons. The summed E-state index contributed by atoms with van der Waals surface area (Å²) in [6.07, 6.45) is 4.26. The number of nitrogens with zero attached hydrogens (tertiary/aromatic N) is 3. The van der Waals surface area contributed by atoms with E-state index < -0.39 is 0 Å². The van der Waals surface area contributed by atoms with Crippen LogP contribution in [-0.2, 0) is 11.3 Å². The SMILES string of the molecule is Cc1cccc(-c2noc(CN3CCCC(C(=O)NC4CC4)C3)n2)c1. The minimum absolute atomic E-state index is 0.0773. The summed E-state index contributed by atoms with van der Waals surface area (Å²) in [7, 11) is 0. The van der Waals surface area contributed by atoms with E-state index in [9.17, 15) is 4.79 Å². The zero-order valence-electron chi connectivity index (χ0n) is 14.6. The van der Waals surface area contributed by atoms with Crippen molar-refractivity contribution in [1.29, 1.82) is 0 Å². The molecular weight excluding hydrogens is 316 g/mol. The highest BCUT2D eigenvalue weighted by molar-refractivity contribution is 5.79. The quantitative estimate of drug-likeness (QED) is 0.906. The molecule has 1 aliphatic carbocycles. The van der Waals surface area contributed by atoms with Crippen molar-refractivity contribution in [1.82, 2.24) is 20.4 Å². The Morgan fingerprint density at radius 3 is 3.04 bits per heavy atom. The first-order valence-corrected chi connectivity index (χ1v) is 9.10. The molecule has 1 aliphatic heterocycles. The molecule has 2 aliphatic rings. The van der Waals surface area contributed by atoms with Crippen LogP contribution in [0.1, 0.15) is 37.1 Å². The van der Waals surface area contributed by atoms with Gasteiger partial charge in [0.15, 0.2) is 0 Å². The zero-order valence-corrected chi connectivity index (χ0v) is 14.6. The number of aryl methyl sites for hydroxylation is 1. The molecule has 2 fully saturated rings. The highest BCUT2D eigenvalue weighted by Gasteiger charge is 2.30. The molecule has 1 amide bonds. The number of benzene rings is 1.